The summed E-state index contributed by atoms with van der Waals surface area (Å²) < 4.78 is 39.0. The average Bonchev–Trinajstić information content (AvgIpc) is 2.38. The number of hydrogen-bond acceptors (Lipinski definition) is 1. The van der Waals surface area contributed by atoms with Gasteiger partial charge in [0.05, 0.1) is 0 Å². The highest BCUT2D eigenvalue weighted by atomic mass is 19.1. The molecule has 0 aromatic heterocycles. The standard InChI is InChI=1S/C15H14F3N/c1-10(11-2-5-13(16)6-3-11)19-9-12-4-7-14(17)8-15(12)18/h2-8,10,19H,9H2,1H3/t10-/m0/s1. The summed E-state index contributed by atoms with van der Waals surface area (Å²) in [6.45, 7) is 2.18. The molecule has 0 fully saturated rings. The van der Waals surface area contributed by atoms with Crippen molar-refractivity contribution in [2.24, 2.45) is 0 Å². The first kappa shape index (κ1) is 13.6. The van der Waals surface area contributed by atoms with Crippen molar-refractivity contribution in [1.29, 1.82) is 0 Å². The Balaban J connectivity index is 2.00. The maximum atomic E-state index is 13.4. The predicted molar refractivity (Wildman–Crippen MR) is 68.0 cm³/mol. The van der Waals surface area contributed by atoms with E-state index in [4.69, 9.17) is 0 Å². The molecule has 0 saturated heterocycles. The van der Waals surface area contributed by atoms with Crippen molar-refractivity contribution in [2.45, 2.75) is 19.5 Å². The van der Waals surface area contributed by atoms with Gasteiger partial charge in [-0.3, -0.25) is 0 Å². The van der Waals surface area contributed by atoms with Crippen molar-refractivity contribution in [1.82, 2.24) is 5.32 Å². The fourth-order valence-electron chi connectivity index (χ4n) is 1.80. The molecule has 2 aromatic rings. The van der Waals surface area contributed by atoms with E-state index >= 15 is 0 Å². The van der Waals surface area contributed by atoms with E-state index in [-0.39, 0.29) is 18.4 Å². The van der Waals surface area contributed by atoms with E-state index in [1.165, 1.54) is 24.3 Å². The van der Waals surface area contributed by atoms with Crippen LogP contribution in [-0.2, 0) is 6.54 Å². The second kappa shape index (κ2) is 5.89. The minimum atomic E-state index is -0.590. The third kappa shape index (κ3) is 3.58. The zero-order valence-corrected chi connectivity index (χ0v) is 10.5. The summed E-state index contributed by atoms with van der Waals surface area (Å²) in [6, 6.07) is 9.56. The van der Waals surface area contributed by atoms with Crippen LogP contribution in [-0.4, -0.2) is 0 Å². The molecular formula is C15H14F3N. The lowest BCUT2D eigenvalue weighted by Gasteiger charge is -2.14. The van der Waals surface area contributed by atoms with Gasteiger partial charge in [-0.25, -0.2) is 13.2 Å². The molecule has 0 amide bonds. The molecule has 0 aliphatic heterocycles. The highest BCUT2D eigenvalue weighted by Gasteiger charge is 2.08. The van der Waals surface area contributed by atoms with Crippen LogP contribution in [0.1, 0.15) is 24.1 Å². The van der Waals surface area contributed by atoms with Crippen molar-refractivity contribution in [3.63, 3.8) is 0 Å². The van der Waals surface area contributed by atoms with Crippen LogP contribution in [0.2, 0.25) is 0 Å². The summed E-state index contributed by atoms with van der Waals surface area (Å²) in [5.41, 5.74) is 1.30. The third-order valence-corrected chi connectivity index (χ3v) is 2.98. The zero-order chi connectivity index (χ0) is 13.8. The monoisotopic (exact) mass is 265 g/mol. The van der Waals surface area contributed by atoms with E-state index in [1.54, 1.807) is 12.1 Å². The van der Waals surface area contributed by atoms with E-state index in [0.29, 0.717) is 5.56 Å². The first-order valence-corrected chi connectivity index (χ1v) is 5.99. The molecule has 0 saturated carbocycles. The lowest BCUT2D eigenvalue weighted by Crippen LogP contribution is -2.18. The lowest BCUT2D eigenvalue weighted by atomic mass is 10.1. The number of nitrogens with one attached hydrogen (secondary N) is 1. The molecule has 0 unspecified atom stereocenters. The molecule has 0 aliphatic rings. The van der Waals surface area contributed by atoms with Crippen LogP contribution < -0.4 is 5.32 Å². The largest absolute Gasteiger partial charge is 0.306 e. The van der Waals surface area contributed by atoms with Crippen molar-refractivity contribution >= 4 is 0 Å². The lowest BCUT2D eigenvalue weighted by molar-refractivity contribution is 0.533. The number of hydrogen-bond donors (Lipinski definition) is 1. The van der Waals surface area contributed by atoms with E-state index < -0.39 is 11.6 Å². The maximum absolute atomic E-state index is 13.4. The molecule has 2 aromatic carbocycles. The maximum Gasteiger partial charge on any atom is 0.130 e. The van der Waals surface area contributed by atoms with Gasteiger partial charge in [0.2, 0.25) is 0 Å². The predicted octanol–water partition coefficient (Wildman–Crippen LogP) is 3.95. The van der Waals surface area contributed by atoms with Gasteiger partial charge in [-0.2, -0.15) is 0 Å². The Morgan fingerprint density at radius 3 is 2.21 bits per heavy atom. The third-order valence-electron chi connectivity index (χ3n) is 2.98. The minimum Gasteiger partial charge on any atom is -0.306 e. The molecule has 0 spiro atoms. The van der Waals surface area contributed by atoms with Crippen molar-refractivity contribution < 1.29 is 13.2 Å². The second-order valence-corrected chi connectivity index (χ2v) is 4.39. The first-order valence-electron chi connectivity index (χ1n) is 5.99. The molecule has 1 atom stereocenters. The first-order chi connectivity index (χ1) is 9.06. The van der Waals surface area contributed by atoms with Crippen LogP contribution in [0.3, 0.4) is 0 Å². The van der Waals surface area contributed by atoms with Crippen molar-refractivity contribution in [3.8, 4) is 0 Å². The van der Waals surface area contributed by atoms with Crippen LogP contribution in [0.15, 0.2) is 42.5 Å². The fourth-order valence-corrected chi connectivity index (χ4v) is 1.80. The summed E-state index contributed by atoms with van der Waals surface area (Å²) in [5, 5.41) is 3.11. The Morgan fingerprint density at radius 2 is 1.58 bits per heavy atom. The van der Waals surface area contributed by atoms with Crippen molar-refractivity contribution in [3.05, 3.63) is 71.0 Å². The molecule has 19 heavy (non-hydrogen) atoms. The van der Waals surface area contributed by atoms with Crippen LogP contribution in [0.4, 0.5) is 13.2 Å². The highest BCUT2D eigenvalue weighted by Crippen LogP contribution is 2.15. The van der Waals surface area contributed by atoms with Gasteiger partial charge in [0.15, 0.2) is 0 Å². The van der Waals surface area contributed by atoms with Gasteiger partial charge in [-0.1, -0.05) is 18.2 Å². The number of rotatable bonds is 4. The smallest absolute Gasteiger partial charge is 0.130 e. The summed E-state index contributed by atoms with van der Waals surface area (Å²) in [4.78, 5) is 0. The molecule has 0 bridgehead atoms. The Labute approximate surface area is 110 Å². The Hall–Kier alpha value is -1.81. The Bertz CT molecular complexity index is 552. The van der Waals surface area contributed by atoms with E-state index in [0.717, 1.165) is 11.6 Å². The molecule has 1 N–H and O–H groups in total. The van der Waals surface area contributed by atoms with E-state index in [9.17, 15) is 13.2 Å². The molecule has 0 heterocycles. The van der Waals surface area contributed by atoms with Crippen LogP contribution >= 0.6 is 0 Å². The van der Waals surface area contributed by atoms with Gasteiger partial charge in [-0.05, 0) is 30.7 Å². The quantitative estimate of drug-likeness (QED) is 0.882. The molecule has 0 aliphatic carbocycles. The highest BCUT2D eigenvalue weighted by molar-refractivity contribution is 5.21. The molecule has 2 rings (SSSR count). The van der Waals surface area contributed by atoms with Gasteiger partial charge in [-0.15, -0.1) is 0 Å². The molecule has 1 nitrogen and oxygen atoms in total. The minimum absolute atomic E-state index is 0.0509. The SMILES string of the molecule is C[C@H](NCc1ccc(F)cc1F)c1ccc(F)cc1. The van der Waals surface area contributed by atoms with Crippen LogP contribution in [0.5, 0.6) is 0 Å². The van der Waals surface area contributed by atoms with Crippen molar-refractivity contribution in [2.75, 3.05) is 0 Å². The molecule has 100 valence electrons. The fraction of sp³-hybridized carbons (Fsp3) is 0.200. The van der Waals surface area contributed by atoms with Crippen LogP contribution in [0, 0.1) is 17.5 Å². The van der Waals surface area contributed by atoms with Crippen LogP contribution in [0.25, 0.3) is 0 Å². The average molecular weight is 265 g/mol. The summed E-state index contributed by atoms with van der Waals surface area (Å²) >= 11 is 0. The van der Waals surface area contributed by atoms with Gasteiger partial charge >= 0.3 is 0 Å². The van der Waals surface area contributed by atoms with E-state index in [1.807, 2.05) is 6.92 Å². The topological polar surface area (TPSA) is 12.0 Å². The normalized spacial score (nSPS) is 12.4. The summed E-state index contributed by atoms with van der Waals surface area (Å²) in [5.74, 6) is -1.45. The molecule has 0 radical (unpaired) electrons. The van der Waals surface area contributed by atoms with Gasteiger partial charge in [0.25, 0.3) is 0 Å². The summed E-state index contributed by atoms with van der Waals surface area (Å²) in [7, 11) is 0. The molecular weight excluding hydrogens is 251 g/mol. The van der Waals surface area contributed by atoms with Gasteiger partial charge < -0.3 is 5.32 Å². The summed E-state index contributed by atoms with van der Waals surface area (Å²) in [6.07, 6.45) is 0. The molecule has 4 heteroatoms. The van der Waals surface area contributed by atoms with Gasteiger partial charge in [0.1, 0.15) is 17.5 Å². The zero-order valence-electron chi connectivity index (χ0n) is 10.5. The Kier molecular flexibility index (Phi) is 4.22. The number of halogens is 3. The number of benzene rings is 2. The van der Waals surface area contributed by atoms with Gasteiger partial charge in [0, 0.05) is 24.2 Å². The Morgan fingerprint density at radius 1 is 0.947 bits per heavy atom. The van der Waals surface area contributed by atoms with E-state index in [2.05, 4.69) is 5.32 Å². The second-order valence-electron chi connectivity index (χ2n) is 4.39.